The summed E-state index contributed by atoms with van der Waals surface area (Å²) in [7, 11) is 0. The Kier molecular flexibility index (Phi) is 5.88. The van der Waals surface area contributed by atoms with E-state index in [4.69, 9.17) is 14.2 Å². The van der Waals surface area contributed by atoms with Crippen molar-refractivity contribution in [1.29, 1.82) is 0 Å². The fourth-order valence-corrected chi connectivity index (χ4v) is 3.85. The molecule has 0 saturated heterocycles. The van der Waals surface area contributed by atoms with Gasteiger partial charge < -0.3 is 23.9 Å². The van der Waals surface area contributed by atoms with E-state index in [9.17, 15) is 14.4 Å². The average Bonchev–Trinajstić information content (AvgIpc) is 3.51. The van der Waals surface area contributed by atoms with Gasteiger partial charge in [-0.1, -0.05) is 6.07 Å². The van der Waals surface area contributed by atoms with Crippen molar-refractivity contribution in [2.75, 3.05) is 13.4 Å². The molecule has 1 aliphatic rings. The molecule has 0 unspecified atom stereocenters. The lowest BCUT2D eigenvalue weighted by Gasteiger charge is -2.08. The molecular weight excluding hydrogens is 450 g/mol. The molecule has 1 N–H and O–H groups in total. The number of hydrogen-bond donors (Lipinski definition) is 1. The summed E-state index contributed by atoms with van der Waals surface area (Å²) in [5.41, 5.74) is 2.25. The summed E-state index contributed by atoms with van der Waals surface area (Å²) in [6, 6.07) is 15.0. The summed E-state index contributed by atoms with van der Waals surface area (Å²) in [4.78, 5) is 43.0. The summed E-state index contributed by atoms with van der Waals surface area (Å²) in [6.07, 6.45) is 3.24. The maximum Gasteiger partial charge on any atom is 0.340 e. The molecule has 0 fully saturated rings. The summed E-state index contributed by atoms with van der Waals surface area (Å²) in [5, 5.41) is 2.81. The van der Waals surface area contributed by atoms with Crippen LogP contribution in [0.5, 0.6) is 11.5 Å². The lowest BCUT2D eigenvalue weighted by Crippen LogP contribution is -2.23. The minimum atomic E-state index is -0.583. The molecule has 3 aromatic heterocycles. The second-order valence-corrected chi connectivity index (χ2v) is 7.74. The topological polar surface area (TPSA) is 108 Å². The number of ketones is 1. The molecule has 1 aliphatic heterocycles. The molecule has 4 aromatic rings. The summed E-state index contributed by atoms with van der Waals surface area (Å²) < 4.78 is 17.5. The van der Waals surface area contributed by atoms with Gasteiger partial charge >= 0.3 is 5.97 Å². The van der Waals surface area contributed by atoms with Crippen LogP contribution in [0, 0.1) is 0 Å². The number of esters is 1. The Balaban J connectivity index is 1.50. The van der Waals surface area contributed by atoms with Gasteiger partial charge in [-0.25, -0.2) is 4.79 Å². The summed E-state index contributed by atoms with van der Waals surface area (Å²) in [5.74, 6) is -0.191. The Morgan fingerprint density at radius 3 is 2.69 bits per heavy atom. The van der Waals surface area contributed by atoms with E-state index in [1.807, 2.05) is 12.1 Å². The normalized spacial score (nSPS) is 11.9. The SMILES string of the molecule is CCOC(=O)c1cc(C(=O)c2ccc3c(c2)OCO3)n2ccc(C(=O)NCc3ccccn3)cc12. The molecule has 0 bridgehead atoms. The van der Waals surface area contributed by atoms with Crippen molar-refractivity contribution in [2.45, 2.75) is 13.5 Å². The maximum absolute atomic E-state index is 13.4. The fourth-order valence-electron chi connectivity index (χ4n) is 3.85. The molecule has 35 heavy (non-hydrogen) atoms. The van der Waals surface area contributed by atoms with Gasteiger partial charge in [-0.3, -0.25) is 14.6 Å². The van der Waals surface area contributed by atoms with E-state index in [2.05, 4.69) is 10.3 Å². The highest BCUT2D eigenvalue weighted by molar-refractivity contribution is 6.12. The van der Waals surface area contributed by atoms with Crippen molar-refractivity contribution in [1.82, 2.24) is 14.7 Å². The third-order valence-corrected chi connectivity index (χ3v) is 5.55. The zero-order chi connectivity index (χ0) is 24.4. The number of pyridine rings is 2. The molecule has 9 heteroatoms. The Hall–Kier alpha value is -4.66. The molecule has 1 amide bonds. The molecule has 5 rings (SSSR count). The average molecular weight is 471 g/mol. The van der Waals surface area contributed by atoms with Crippen molar-refractivity contribution in [3.8, 4) is 11.5 Å². The largest absolute Gasteiger partial charge is 0.462 e. The first-order valence-electron chi connectivity index (χ1n) is 11.0. The predicted octanol–water partition coefficient (Wildman–Crippen LogP) is 3.40. The van der Waals surface area contributed by atoms with Crippen molar-refractivity contribution >= 4 is 23.2 Å². The van der Waals surface area contributed by atoms with Gasteiger partial charge in [0, 0.05) is 23.5 Å². The van der Waals surface area contributed by atoms with E-state index in [-0.39, 0.29) is 42.9 Å². The minimum Gasteiger partial charge on any atom is -0.462 e. The van der Waals surface area contributed by atoms with E-state index in [0.29, 0.717) is 33.8 Å². The molecule has 0 atom stereocenters. The molecule has 0 radical (unpaired) electrons. The van der Waals surface area contributed by atoms with Crippen LogP contribution >= 0.6 is 0 Å². The number of benzene rings is 1. The fraction of sp³-hybridized carbons (Fsp3) is 0.154. The highest BCUT2D eigenvalue weighted by Crippen LogP contribution is 2.33. The second-order valence-electron chi connectivity index (χ2n) is 7.74. The Morgan fingerprint density at radius 1 is 1.03 bits per heavy atom. The number of fused-ring (bicyclic) bond motifs is 2. The number of aromatic nitrogens is 2. The number of carbonyl (C=O) groups excluding carboxylic acids is 3. The lowest BCUT2D eigenvalue weighted by molar-refractivity contribution is 0.0528. The molecule has 0 aliphatic carbocycles. The first-order chi connectivity index (χ1) is 17.0. The van der Waals surface area contributed by atoms with Crippen LogP contribution in [-0.2, 0) is 11.3 Å². The summed E-state index contributed by atoms with van der Waals surface area (Å²) in [6.45, 7) is 2.22. The van der Waals surface area contributed by atoms with Crippen LogP contribution in [0.3, 0.4) is 0 Å². The van der Waals surface area contributed by atoms with Crippen LogP contribution < -0.4 is 14.8 Å². The second kappa shape index (κ2) is 9.30. The van der Waals surface area contributed by atoms with Crippen molar-refractivity contribution < 1.29 is 28.6 Å². The molecule has 1 aromatic carbocycles. The van der Waals surface area contributed by atoms with Crippen molar-refractivity contribution in [3.05, 3.63) is 95.1 Å². The lowest BCUT2D eigenvalue weighted by atomic mass is 10.1. The van der Waals surface area contributed by atoms with Gasteiger partial charge in [0.15, 0.2) is 11.5 Å². The molecular formula is C26H21N3O6. The molecule has 0 spiro atoms. The first-order valence-corrected chi connectivity index (χ1v) is 11.0. The Bertz CT molecular complexity index is 1440. The van der Waals surface area contributed by atoms with Gasteiger partial charge in [0.2, 0.25) is 12.6 Å². The van der Waals surface area contributed by atoms with Crippen LogP contribution in [0.1, 0.15) is 49.4 Å². The standard InChI is InChI=1S/C26H21N3O6/c1-2-33-26(32)19-13-21(24(30)16-6-7-22-23(12-16)35-15-34-22)29-10-8-17(11-20(19)29)25(31)28-14-18-5-3-4-9-27-18/h3-13H,2,14-15H2,1H3,(H,28,31). The van der Waals surface area contributed by atoms with Crippen molar-refractivity contribution in [2.24, 2.45) is 0 Å². The predicted molar refractivity (Wildman–Crippen MR) is 125 cm³/mol. The van der Waals surface area contributed by atoms with E-state index in [1.54, 1.807) is 60.1 Å². The minimum absolute atomic E-state index is 0.0964. The van der Waals surface area contributed by atoms with Crippen LogP contribution in [0.2, 0.25) is 0 Å². The van der Waals surface area contributed by atoms with Gasteiger partial charge in [0.05, 0.1) is 35.6 Å². The number of amides is 1. The quantitative estimate of drug-likeness (QED) is 0.325. The zero-order valence-electron chi connectivity index (χ0n) is 18.8. The van der Waals surface area contributed by atoms with Crippen molar-refractivity contribution in [3.63, 3.8) is 0 Å². The van der Waals surface area contributed by atoms with E-state index in [0.717, 1.165) is 0 Å². The van der Waals surface area contributed by atoms with Gasteiger partial charge in [-0.2, -0.15) is 0 Å². The number of nitrogens with zero attached hydrogens (tertiary/aromatic N) is 2. The van der Waals surface area contributed by atoms with Crippen LogP contribution in [0.25, 0.3) is 5.52 Å². The number of rotatable bonds is 7. The molecule has 9 nitrogen and oxygen atoms in total. The highest BCUT2D eigenvalue weighted by Gasteiger charge is 2.24. The van der Waals surface area contributed by atoms with Crippen LogP contribution in [0.4, 0.5) is 0 Å². The van der Waals surface area contributed by atoms with E-state index in [1.165, 1.54) is 6.07 Å². The smallest absolute Gasteiger partial charge is 0.340 e. The van der Waals surface area contributed by atoms with Crippen LogP contribution in [-0.4, -0.2) is 40.4 Å². The highest BCUT2D eigenvalue weighted by atomic mass is 16.7. The Labute approximate surface area is 200 Å². The monoisotopic (exact) mass is 471 g/mol. The first kappa shape index (κ1) is 22.1. The molecule has 0 saturated carbocycles. The Morgan fingerprint density at radius 2 is 1.89 bits per heavy atom. The zero-order valence-corrected chi connectivity index (χ0v) is 18.8. The van der Waals surface area contributed by atoms with Crippen LogP contribution in [0.15, 0.2) is 67.0 Å². The summed E-state index contributed by atoms with van der Waals surface area (Å²) >= 11 is 0. The molecule has 4 heterocycles. The third kappa shape index (κ3) is 4.31. The number of carbonyl (C=O) groups is 3. The number of ether oxygens (including phenoxy) is 3. The van der Waals surface area contributed by atoms with Gasteiger partial charge in [0.25, 0.3) is 5.91 Å². The maximum atomic E-state index is 13.4. The number of nitrogens with one attached hydrogen (secondary N) is 1. The van der Waals surface area contributed by atoms with Gasteiger partial charge in [-0.15, -0.1) is 0 Å². The van der Waals surface area contributed by atoms with E-state index < -0.39 is 5.97 Å². The van der Waals surface area contributed by atoms with E-state index >= 15 is 0 Å². The molecule has 176 valence electrons. The number of hydrogen-bond acceptors (Lipinski definition) is 7. The third-order valence-electron chi connectivity index (χ3n) is 5.55. The van der Waals surface area contributed by atoms with Gasteiger partial charge in [0.1, 0.15) is 0 Å². The van der Waals surface area contributed by atoms with Gasteiger partial charge in [-0.05, 0) is 55.5 Å².